The van der Waals surface area contributed by atoms with E-state index in [0.717, 1.165) is 61.1 Å². The number of para-hydroxylation sites is 3. The predicted molar refractivity (Wildman–Crippen MR) is 184 cm³/mol. The minimum Gasteiger partial charge on any atom is -0.455 e. The molecule has 0 spiro atoms. The van der Waals surface area contributed by atoms with Crippen molar-refractivity contribution in [3.63, 3.8) is 0 Å². The third kappa shape index (κ3) is 3.21. The van der Waals surface area contributed by atoms with Crippen molar-refractivity contribution in [3.05, 3.63) is 139 Å². The Bertz CT molecular complexity index is 2690. The summed E-state index contributed by atoms with van der Waals surface area (Å²) in [5.41, 5.74) is 10.0. The Hall–Kier alpha value is -5.74. The van der Waals surface area contributed by atoms with E-state index in [9.17, 15) is 0 Å². The van der Waals surface area contributed by atoms with Gasteiger partial charge in [0.05, 0.1) is 22.4 Å². The Morgan fingerprint density at radius 2 is 1.22 bits per heavy atom. The van der Waals surface area contributed by atoms with Crippen LogP contribution < -0.4 is 0 Å². The highest BCUT2D eigenvalue weighted by Gasteiger charge is 2.40. The summed E-state index contributed by atoms with van der Waals surface area (Å²) in [4.78, 5) is 11.0. The lowest BCUT2D eigenvalue weighted by Crippen LogP contribution is -2.18. The molecule has 0 atom stereocenters. The van der Waals surface area contributed by atoms with Crippen LogP contribution in [0.5, 0.6) is 0 Å². The molecule has 9 aromatic rings. The molecule has 0 saturated carbocycles. The Labute approximate surface area is 259 Å². The summed E-state index contributed by atoms with van der Waals surface area (Å²) in [6.07, 6.45) is 0. The Balaban J connectivity index is 1.37. The van der Waals surface area contributed by atoms with Crippen LogP contribution in [0, 0.1) is 0 Å². The molecule has 0 aliphatic heterocycles. The van der Waals surface area contributed by atoms with Crippen LogP contribution >= 0.6 is 0 Å². The molecule has 0 unspecified atom stereocenters. The standard InChI is InChI=1S/C41H27N3O/c1-41(2)31-19-8-5-15-28(31)37-36(41)38(30-18-11-17-27-26-14-7-10-21-34(26)45-39(27)30)43-40(42-37)44-32-20-9-6-16-29(32)35-25-13-4-3-12-24(25)22-23-33(35)44/h3-23H,1-2H3. The first kappa shape index (κ1) is 24.7. The van der Waals surface area contributed by atoms with Crippen LogP contribution in [0.3, 0.4) is 0 Å². The molecule has 0 amide bonds. The summed E-state index contributed by atoms with van der Waals surface area (Å²) in [7, 11) is 0. The Kier molecular flexibility index (Phi) is 4.76. The maximum Gasteiger partial charge on any atom is 0.235 e. The molecule has 4 heteroatoms. The molecule has 10 rings (SSSR count). The third-order valence-corrected chi connectivity index (χ3v) is 9.80. The number of hydrogen-bond acceptors (Lipinski definition) is 3. The molecule has 45 heavy (non-hydrogen) atoms. The van der Waals surface area contributed by atoms with Gasteiger partial charge in [-0.3, -0.25) is 4.57 Å². The fourth-order valence-electron chi connectivity index (χ4n) is 7.79. The lowest BCUT2D eigenvalue weighted by molar-refractivity contribution is 0.654. The molecule has 0 fully saturated rings. The third-order valence-electron chi connectivity index (χ3n) is 9.80. The minimum absolute atomic E-state index is 0.301. The molecule has 0 radical (unpaired) electrons. The molecule has 6 aromatic carbocycles. The van der Waals surface area contributed by atoms with E-state index >= 15 is 0 Å². The Morgan fingerprint density at radius 1 is 0.556 bits per heavy atom. The van der Waals surface area contributed by atoms with Crippen molar-refractivity contribution in [2.75, 3.05) is 0 Å². The van der Waals surface area contributed by atoms with Crippen molar-refractivity contribution in [2.24, 2.45) is 0 Å². The van der Waals surface area contributed by atoms with E-state index in [1.165, 1.54) is 27.1 Å². The van der Waals surface area contributed by atoms with Gasteiger partial charge in [-0.15, -0.1) is 0 Å². The highest BCUT2D eigenvalue weighted by molar-refractivity contribution is 6.21. The van der Waals surface area contributed by atoms with Gasteiger partial charge in [0.2, 0.25) is 5.95 Å². The summed E-state index contributed by atoms with van der Waals surface area (Å²) in [5, 5.41) is 7.05. The van der Waals surface area contributed by atoms with E-state index in [1.54, 1.807) is 0 Å². The maximum atomic E-state index is 6.60. The normalized spacial score (nSPS) is 13.7. The molecule has 1 aliphatic carbocycles. The van der Waals surface area contributed by atoms with Crippen molar-refractivity contribution in [3.8, 4) is 28.5 Å². The van der Waals surface area contributed by atoms with E-state index in [0.29, 0.717) is 5.95 Å². The molecular weight excluding hydrogens is 550 g/mol. The number of fused-ring (bicyclic) bond motifs is 11. The van der Waals surface area contributed by atoms with E-state index < -0.39 is 0 Å². The second-order valence-electron chi connectivity index (χ2n) is 12.6. The predicted octanol–water partition coefficient (Wildman–Crippen LogP) is 10.6. The lowest BCUT2D eigenvalue weighted by atomic mass is 9.80. The van der Waals surface area contributed by atoms with Gasteiger partial charge in [0.15, 0.2) is 0 Å². The zero-order valence-corrected chi connectivity index (χ0v) is 24.9. The number of benzene rings is 6. The van der Waals surface area contributed by atoms with Crippen LogP contribution in [0.25, 0.3) is 83.0 Å². The molecule has 1 aliphatic rings. The van der Waals surface area contributed by atoms with Crippen LogP contribution in [0.1, 0.15) is 25.0 Å². The van der Waals surface area contributed by atoms with Gasteiger partial charge in [-0.25, -0.2) is 9.97 Å². The van der Waals surface area contributed by atoms with Gasteiger partial charge in [-0.2, -0.15) is 0 Å². The van der Waals surface area contributed by atoms with Crippen LogP contribution in [-0.4, -0.2) is 14.5 Å². The van der Waals surface area contributed by atoms with Crippen LogP contribution in [0.4, 0.5) is 0 Å². The summed E-state index contributed by atoms with van der Waals surface area (Å²) < 4.78 is 8.84. The molecule has 4 nitrogen and oxygen atoms in total. The van der Waals surface area contributed by atoms with Gasteiger partial charge in [-0.1, -0.05) is 117 Å². The van der Waals surface area contributed by atoms with E-state index in [4.69, 9.17) is 14.4 Å². The van der Waals surface area contributed by atoms with Gasteiger partial charge in [0, 0.05) is 43.7 Å². The van der Waals surface area contributed by atoms with Crippen molar-refractivity contribution < 1.29 is 4.42 Å². The first-order valence-corrected chi connectivity index (χ1v) is 15.4. The van der Waals surface area contributed by atoms with Crippen molar-refractivity contribution >= 4 is 54.5 Å². The van der Waals surface area contributed by atoms with Gasteiger partial charge >= 0.3 is 0 Å². The minimum atomic E-state index is -0.301. The van der Waals surface area contributed by atoms with Gasteiger partial charge in [0.1, 0.15) is 11.2 Å². The fourth-order valence-corrected chi connectivity index (χ4v) is 7.79. The largest absolute Gasteiger partial charge is 0.455 e. The number of hydrogen-bond donors (Lipinski definition) is 0. The summed E-state index contributed by atoms with van der Waals surface area (Å²) >= 11 is 0. The first-order chi connectivity index (χ1) is 22.1. The molecule has 0 N–H and O–H groups in total. The zero-order valence-electron chi connectivity index (χ0n) is 24.9. The fraction of sp³-hybridized carbons (Fsp3) is 0.0732. The molecule has 3 heterocycles. The van der Waals surface area contributed by atoms with Crippen LogP contribution in [0.2, 0.25) is 0 Å². The van der Waals surface area contributed by atoms with Crippen LogP contribution in [0.15, 0.2) is 132 Å². The highest BCUT2D eigenvalue weighted by atomic mass is 16.3. The number of nitrogens with zero attached hydrogens (tertiary/aromatic N) is 3. The highest BCUT2D eigenvalue weighted by Crippen LogP contribution is 2.52. The van der Waals surface area contributed by atoms with Gasteiger partial charge in [0.25, 0.3) is 0 Å². The lowest BCUT2D eigenvalue weighted by Gasteiger charge is -2.24. The average Bonchev–Trinajstić information content (AvgIpc) is 3.71. The van der Waals surface area contributed by atoms with Crippen LogP contribution in [-0.2, 0) is 5.41 Å². The first-order valence-electron chi connectivity index (χ1n) is 15.4. The zero-order chi connectivity index (χ0) is 29.9. The molecule has 3 aromatic heterocycles. The summed E-state index contributed by atoms with van der Waals surface area (Å²) in [6, 6.07) is 45.0. The van der Waals surface area contributed by atoms with E-state index in [-0.39, 0.29) is 5.41 Å². The SMILES string of the molecule is CC1(C)c2ccccc2-c2nc(-n3c4ccccc4c4c5ccccc5ccc43)nc(-c3cccc4c3oc3ccccc34)c21. The van der Waals surface area contributed by atoms with Gasteiger partial charge in [-0.05, 0) is 40.6 Å². The monoisotopic (exact) mass is 577 g/mol. The maximum absolute atomic E-state index is 6.60. The second kappa shape index (κ2) is 8.67. The summed E-state index contributed by atoms with van der Waals surface area (Å²) in [6.45, 7) is 4.57. The molecule has 212 valence electrons. The van der Waals surface area contributed by atoms with E-state index in [1.807, 2.05) is 12.1 Å². The Morgan fingerprint density at radius 3 is 2.11 bits per heavy atom. The quantitative estimate of drug-likeness (QED) is 0.205. The molecule has 0 saturated heterocycles. The van der Waals surface area contributed by atoms with Crippen molar-refractivity contribution in [1.29, 1.82) is 0 Å². The van der Waals surface area contributed by atoms with Gasteiger partial charge < -0.3 is 4.42 Å². The second-order valence-corrected chi connectivity index (χ2v) is 12.6. The summed E-state index contributed by atoms with van der Waals surface area (Å²) in [5.74, 6) is 0.658. The number of aromatic nitrogens is 3. The topological polar surface area (TPSA) is 43.9 Å². The number of rotatable bonds is 2. The molecule has 0 bridgehead atoms. The number of furan rings is 1. The van der Waals surface area contributed by atoms with Crippen molar-refractivity contribution in [1.82, 2.24) is 14.5 Å². The molecular formula is C41H27N3O. The smallest absolute Gasteiger partial charge is 0.235 e. The van der Waals surface area contributed by atoms with Crippen molar-refractivity contribution in [2.45, 2.75) is 19.3 Å². The average molecular weight is 578 g/mol. The van der Waals surface area contributed by atoms with E-state index in [2.05, 4.69) is 134 Å².